The Morgan fingerprint density at radius 1 is 1.15 bits per heavy atom. The first-order chi connectivity index (χ1) is 6.38. The Morgan fingerprint density at radius 2 is 1.77 bits per heavy atom. The molecule has 0 radical (unpaired) electrons. The highest BCUT2D eigenvalue weighted by atomic mass is 35.5. The monoisotopic (exact) mass is 201 g/mol. The van der Waals surface area contributed by atoms with E-state index in [9.17, 15) is 0 Å². The van der Waals surface area contributed by atoms with Crippen molar-refractivity contribution in [2.24, 2.45) is 11.8 Å². The number of halogens is 1. The molecule has 0 aromatic heterocycles. The first-order valence-corrected chi connectivity index (χ1v) is 5.85. The molecule has 3 saturated heterocycles. The van der Waals surface area contributed by atoms with Crippen molar-refractivity contribution in [1.29, 1.82) is 0 Å². The van der Waals surface area contributed by atoms with Crippen LogP contribution in [-0.2, 0) is 4.74 Å². The number of fused-ring (bicyclic) bond motifs is 5. The molecule has 0 saturated carbocycles. The van der Waals surface area contributed by atoms with Crippen molar-refractivity contribution in [3.63, 3.8) is 0 Å². The molecule has 3 fully saturated rings. The average molecular weight is 202 g/mol. The van der Waals surface area contributed by atoms with Gasteiger partial charge in [-0.1, -0.05) is 0 Å². The molecule has 3 aliphatic rings. The fraction of sp³-hybridized carbons (Fsp3) is 1.00. The number of hydrogen-bond acceptors (Lipinski definition) is 2. The van der Waals surface area contributed by atoms with Gasteiger partial charge < -0.3 is 9.64 Å². The molecule has 74 valence electrons. The van der Waals surface area contributed by atoms with Crippen LogP contribution in [0.1, 0.15) is 12.8 Å². The lowest BCUT2D eigenvalue weighted by Crippen LogP contribution is -2.26. The van der Waals surface area contributed by atoms with Crippen LogP contribution < -0.4 is 0 Å². The number of likely N-dealkylation sites (tertiary alicyclic amines) is 1. The van der Waals surface area contributed by atoms with E-state index < -0.39 is 0 Å². The SMILES string of the molecule is ClCCN1C[C@@H]2[C@H](C1)[C@H]1CC[C@H]2O1. The number of ether oxygens (including phenoxy) is 1. The molecule has 4 atom stereocenters. The van der Waals surface area contributed by atoms with Crippen LogP contribution in [0, 0.1) is 11.8 Å². The van der Waals surface area contributed by atoms with E-state index in [4.69, 9.17) is 16.3 Å². The van der Waals surface area contributed by atoms with Crippen molar-refractivity contribution in [3.8, 4) is 0 Å². The van der Waals surface area contributed by atoms with Gasteiger partial charge in [0, 0.05) is 37.4 Å². The minimum Gasteiger partial charge on any atom is -0.374 e. The average Bonchev–Trinajstić information content (AvgIpc) is 2.72. The van der Waals surface area contributed by atoms with Gasteiger partial charge in [0.1, 0.15) is 0 Å². The molecule has 0 spiro atoms. The van der Waals surface area contributed by atoms with E-state index in [0.29, 0.717) is 12.2 Å². The number of rotatable bonds is 2. The summed E-state index contributed by atoms with van der Waals surface area (Å²) in [6.45, 7) is 3.53. The minimum atomic E-state index is 0.593. The Morgan fingerprint density at radius 3 is 2.31 bits per heavy atom. The van der Waals surface area contributed by atoms with Gasteiger partial charge in [-0.25, -0.2) is 0 Å². The van der Waals surface area contributed by atoms with E-state index in [1.807, 2.05) is 0 Å². The van der Waals surface area contributed by atoms with Crippen LogP contribution in [0.4, 0.5) is 0 Å². The quantitative estimate of drug-likeness (QED) is 0.626. The molecule has 3 heteroatoms. The Bertz CT molecular complexity index is 193. The molecule has 0 amide bonds. The second kappa shape index (κ2) is 3.11. The molecule has 13 heavy (non-hydrogen) atoms. The summed E-state index contributed by atoms with van der Waals surface area (Å²) in [4.78, 5) is 2.51. The number of hydrogen-bond donors (Lipinski definition) is 0. The van der Waals surface area contributed by atoms with Crippen molar-refractivity contribution in [2.45, 2.75) is 25.0 Å². The minimum absolute atomic E-state index is 0.593. The Balaban J connectivity index is 1.69. The topological polar surface area (TPSA) is 12.5 Å². The third kappa shape index (κ3) is 1.23. The van der Waals surface area contributed by atoms with Crippen LogP contribution >= 0.6 is 11.6 Å². The molecule has 0 N–H and O–H groups in total. The molecule has 2 nitrogen and oxygen atoms in total. The van der Waals surface area contributed by atoms with Gasteiger partial charge in [-0.2, -0.15) is 0 Å². The highest BCUT2D eigenvalue weighted by Crippen LogP contribution is 2.46. The Hall–Kier alpha value is 0.210. The van der Waals surface area contributed by atoms with Gasteiger partial charge in [-0.3, -0.25) is 0 Å². The zero-order valence-corrected chi connectivity index (χ0v) is 8.54. The van der Waals surface area contributed by atoms with Crippen molar-refractivity contribution in [2.75, 3.05) is 25.5 Å². The van der Waals surface area contributed by atoms with Gasteiger partial charge in [0.05, 0.1) is 12.2 Å². The normalized spacial score (nSPS) is 48.7. The molecule has 3 rings (SSSR count). The lowest BCUT2D eigenvalue weighted by Gasteiger charge is -2.18. The van der Waals surface area contributed by atoms with Crippen molar-refractivity contribution < 1.29 is 4.74 Å². The molecular weight excluding hydrogens is 186 g/mol. The van der Waals surface area contributed by atoms with Gasteiger partial charge in [0.15, 0.2) is 0 Å². The van der Waals surface area contributed by atoms with Crippen LogP contribution in [-0.4, -0.2) is 42.6 Å². The molecule has 0 aliphatic carbocycles. The lowest BCUT2D eigenvalue weighted by molar-refractivity contribution is 0.0714. The lowest BCUT2D eigenvalue weighted by atomic mass is 9.82. The van der Waals surface area contributed by atoms with E-state index >= 15 is 0 Å². The van der Waals surface area contributed by atoms with Crippen molar-refractivity contribution >= 4 is 11.6 Å². The largest absolute Gasteiger partial charge is 0.374 e. The second-order valence-electron chi connectivity index (χ2n) is 4.57. The summed E-state index contributed by atoms with van der Waals surface area (Å²) in [6.07, 6.45) is 3.80. The smallest absolute Gasteiger partial charge is 0.0624 e. The van der Waals surface area contributed by atoms with Crippen LogP contribution in [0.25, 0.3) is 0 Å². The number of alkyl halides is 1. The maximum Gasteiger partial charge on any atom is 0.0624 e. The molecule has 0 unspecified atom stereocenters. The summed E-state index contributed by atoms with van der Waals surface area (Å²) in [5.41, 5.74) is 0. The van der Waals surface area contributed by atoms with Gasteiger partial charge in [0.2, 0.25) is 0 Å². The van der Waals surface area contributed by atoms with Crippen LogP contribution in [0.15, 0.2) is 0 Å². The molecule has 0 aromatic carbocycles. The van der Waals surface area contributed by atoms with Crippen molar-refractivity contribution in [1.82, 2.24) is 4.90 Å². The molecule has 3 aliphatic heterocycles. The zero-order chi connectivity index (χ0) is 8.84. The van der Waals surface area contributed by atoms with Gasteiger partial charge in [-0.15, -0.1) is 11.6 Å². The highest BCUT2D eigenvalue weighted by Gasteiger charge is 2.52. The molecular formula is C10H16ClNO. The number of nitrogens with zero attached hydrogens (tertiary/aromatic N) is 1. The van der Waals surface area contributed by atoms with E-state index in [-0.39, 0.29) is 0 Å². The van der Waals surface area contributed by atoms with Crippen LogP contribution in [0.3, 0.4) is 0 Å². The van der Waals surface area contributed by atoms with E-state index in [2.05, 4.69) is 4.90 Å². The van der Waals surface area contributed by atoms with E-state index in [0.717, 1.165) is 24.3 Å². The standard InChI is InChI=1S/C10H16ClNO/c11-3-4-12-5-7-8(6-12)10-2-1-9(7)13-10/h7-10H,1-6H2/t7-,8+,9-,10-/m1/s1. The molecule has 3 heterocycles. The highest BCUT2D eigenvalue weighted by molar-refractivity contribution is 6.18. The predicted molar refractivity (Wildman–Crippen MR) is 52.0 cm³/mol. The summed E-state index contributed by atoms with van der Waals surface area (Å²) in [6, 6.07) is 0. The Kier molecular flexibility index (Phi) is 2.04. The fourth-order valence-corrected chi connectivity index (χ4v) is 3.59. The van der Waals surface area contributed by atoms with Crippen molar-refractivity contribution in [3.05, 3.63) is 0 Å². The maximum absolute atomic E-state index is 5.91. The van der Waals surface area contributed by atoms with Crippen LogP contribution in [0.2, 0.25) is 0 Å². The predicted octanol–water partition coefficient (Wildman–Crippen LogP) is 1.33. The maximum atomic E-state index is 5.91. The summed E-state index contributed by atoms with van der Waals surface area (Å²) in [5, 5.41) is 0. The van der Waals surface area contributed by atoms with Gasteiger partial charge in [-0.05, 0) is 12.8 Å². The fourth-order valence-electron chi connectivity index (χ4n) is 3.35. The summed E-state index contributed by atoms with van der Waals surface area (Å²) in [7, 11) is 0. The summed E-state index contributed by atoms with van der Waals surface area (Å²) in [5.74, 6) is 2.44. The van der Waals surface area contributed by atoms with Gasteiger partial charge >= 0.3 is 0 Å². The first kappa shape index (κ1) is 8.51. The van der Waals surface area contributed by atoms with Gasteiger partial charge in [0.25, 0.3) is 0 Å². The second-order valence-corrected chi connectivity index (χ2v) is 4.94. The van der Waals surface area contributed by atoms with Crippen LogP contribution in [0.5, 0.6) is 0 Å². The Labute approximate surface area is 84.2 Å². The molecule has 0 aromatic rings. The summed E-state index contributed by atoms with van der Waals surface area (Å²) < 4.78 is 5.91. The first-order valence-electron chi connectivity index (χ1n) is 5.32. The zero-order valence-electron chi connectivity index (χ0n) is 7.79. The molecule has 2 bridgehead atoms. The third-order valence-electron chi connectivity index (χ3n) is 3.93. The summed E-state index contributed by atoms with van der Waals surface area (Å²) >= 11 is 5.75. The van der Waals surface area contributed by atoms with E-state index in [1.165, 1.54) is 25.9 Å². The van der Waals surface area contributed by atoms with E-state index in [1.54, 1.807) is 0 Å². The third-order valence-corrected chi connectivity index (χ3v) is 4.10.